The highest BCUT2D eigenvalue weighted by atomic mass is 16.4. The maximum Gasteiger partial charge on any atom is 0.376 e. The fraction of sp³-hybridized carbons (Fsp3) is 0.357. The van der Waals surface area contributed by atoms with Crippen molar-refractivity contribution in [3.05, 3.63) is 41.5 Å². The summed E-state index contributed by atoms with van der Waals surface area (Å²) in [7, 11) is -0.466. The minimum atomic E-state index is -0.869. The number of benzene rings is 1. The summed E-state index contributed by atoms with van der Waals surface area (Å²) in [5, 5.41) is 19.0. The number of aliphatic carboxylic acids is 1. The Kier molecular flexibility index (Phi) is 4.40. The first kappa shape index (κ1) is 13.8. The fourth-order valence-electron chi connectivity index (χ4n) is 2.50. The summed E-state index contributed by atoms with van der Waals surface area (Å²) in [4.78, 5) is 13.4. The average Bonchev–Trinajstić information content (AvgIpc) is 2.40. The van der Waals surface area contributed by atoms with Crippen LogP contribution in [0.2, 0.25) is 6.82 Å². The molecular weight excluding hydrogens is 241 g/mol. The molecule has 1 heterocycles. The van der Waals surface area contributed by atoms with Crippen LogP contribution in [0.1, 0.15) is 18.4 Å². The minimum Gasteiger partial charge on any atom is -0.478 e. The summed E-state index contributed by atoms with van der Waals surface area (Å²) in [5.41, 5.74) is 2.15. The van der Waals surface area contributed by atoms with Crippen LogP contribution in [0, 0.1) is 0 Å². The van der Waals surface area contributed by atoms with E-state index in [9.17, 15) is 14.9 Å². The van der Waals surface area contributed by atoms with Gasteiger partial charge in [-0.2, -0.15) is 0 Å². The van der Waals surface area contributed by atoms with Gasteiger partial charge in [-0.05, 0) is 38.3 Å². The van der Waals surface area contributed by atoms with Crippen molar-refractivity contribution < 1.29 is 14.9 Å². The van der Waals surface area contributed by atoms with Crippen molar-refractivity contribution in [3.63, 3.8) is 0 Å². The summed E-state index contributed by atoms with van der Waals surface area (Å²) < 4.78 is 0. The summed E-state index contributed by atoms with van der Waals surface area (Å²) in [6.07, 6.45) is 1.39. The monoisotopic (exact) mass is 259 g/mol. The normalized spacial score (nSPS) is 16.2. The fourth-order valence-corrected chi connectivity index (χ4v) is 2.50. The molecule has 1 aliphatic heterocycles. The predicted molar refractivity (Wildman–Crippen MR) is 75.6 cm³/mol. The lowest BCUT2D eigenvalue weighted by atomic mass is 9.81. The first-order valence-corrected chi connectivity index (χ1v) is 6.52. The van der Waals surface area contributed by atoms with Crippen LogP contribution in [-0.4, -0.2) is 41.1 Å². The smallest absolute Gasteiger partial charge is 0.376 e. The maximum absolute atomic E-state index is 11.5. The maximum atomic E-state index is 11.5. The summed E-state index contributed by atoms with van der Waals surface area (Å²) in [6, 6.07) is 9.24. The molecule has 1 aliphatic rings. The van der Waals surface area contributed by atoms with E-state index in [1.165, 1.54) is 0 Å². The van der Waals surface area contributed by atoms with Crippen LogP contribution in [0.15, 0.2) is 35.9 Å². The Morgan fingerprint density at radius 1 is 1.21 bits per heavy atom. The van der Waals surface area contributed by atoms with Crippen molar-refractivity contribution in [2.75, 3.05) is 13.1 Å². The van der Waals surface area contributed by atoms with Crippen LogP contribution in [0.3, 0.4) is 0 Å². The van der Waals surface area contributed by atoms with E-state index in [1.54, 1.807) is 6.82 Å². The molecule has 0 spiro atoms. The largest absolute Gasteiger partial charge is 0.478 e. The van der Waals surface area contributed by atoms with Gasteiger partial charge < -0.3 is 14.9 Å². The lowest BCUT2D eigenvalue weighted by Gasteiger charge is -2.30. The Hall–Kier alpha value is -1.59. The van der Waals surface area contributed by atoms with Gasteiger partial charge in [-0.15, -0.1) is 0 Å². The van der Waals surface area contributed by atoms with Crippen molar-refractivity contribution in [2.24, 2.45) is 0 Å². The molecule has 0 saturated carbocycles. The Morgan fingerprint density at radius 3 is 2.26 bits per heavy atom. The SMILES string of the molecule is CB(O)N1CCC(=C(C(=O)O)c2ccccc2)CC1. The molecule has 5 heteroatoms. The van der Waals surface area contributed by atoms with Gasteiger partial charge in [0.1, 0.15) is 0 Å². The molecule has 2 N–H and O–H groups in total. The van der Waals surface area contributed by atoms with Crippen LogP contribution in [0.5, 0.6) is 0 Å². The number of nitrogens with zero attached hydrogens (tertiary/aromatic N) is 1. The van der Waals surface area contributed by atoms with E-state index in [4.69, 9.17) is 0 Å². The van der Waals surface area contributed by atoms with Crippen LogP contribution in [0.4, 0.5) is 0 Å². The van der Waals surface area contributed by atoms with E-state index in [0.29, 0.717) is 31.5 Å². The second-order valence-electron chi connectivity index (χ2n) is 4.82. The highest BCUT2D eigenvalue weighted by Gasteiger charge is 2.24. The van der Waals surface area contributed by atoms with E-state index in [1.807, 2.05) is 35.1 Å². The molecule has 2 rings (SSSR count). The number of carboxylic acids is 1. The summed E-state index contributed by atoms with van der Waals surface area (Å²) >= 11 is 0. The number of carbonyl (C=O) groups is 1. The standard InChI is InChI=1S/C14H18BNO3/c1-15(19)16-9-7-12(8-10-16)13(14(17)18)11-5-3-2-4-6-11/h2-6,19H,7-10H2,1H3,(H,17,18). The van der Waals surface area contributed by atoms with Gasteiger partial charge in [0.25, 0.3) is 0 Å². The molecule has 0 aromatic heterocycles. The van der Waals surface area contributed by atoms with Gasteiger partial charge in [0.15, 0.2) is 0 Å². The first-order valence-electron chi connectivity index (χ1n) is 6.52. The zero-order valence-corrected chi connectivity index (χ0v) is 11.0. The van der Waals surface area contributed by atoms with Crippen molar-refractivity contribution in [2.45, 2.75) is 19.7 Å². The molecule has 0 atom stereocenters. The molecule has 0 amide bonds. The molecular formula is C14H18BNO3. The predicted octanol–water partition coefficient (Wildman–Crippen LogP) is 1.73. The highest BCUT2D eigenvalue weighted by Crippen LogP contribution is 2.27. The molecule has 0 unspecified atom stereocenters. The molecule has 0 bridgehead atoms. The van der Waals surface area contributed by atoms with Crippen LogP contribution >= 0.6 is 0 Å². The zero-order valence-electron chi connectivity index (χ0n) is 11.0. The van der Waals surface area contributed by atoms with Gasteiger partial charge in [0.2, 0.25) is 0 Å². The van der Waals surface area contributed by atoms with Gasteiger partial charge in [0.05, 0.1) is 5.57 Å². The topological polar surface area (TPSA) is 60.8 Å². The van der Waals surface area contributed by atoms with E-state index >= 15 is 0 Å². The number of hydrogen-bond acceptors (Lipinski definition) is 3. The first-order chi connectivity index (χ1) is 9.09. The third-order valence-corrected chi connectivity index (χ3v) is 3.56. The van der Waals surface area contributed by atoms with Crippen LogP contribution in [0.25, 0.3) is 5.57 Å². The number of piperidine rings is 1. The van der Waals surface area contributed by atoms with Gasteiger partial charge in [-0.25, -0.2) is 4.79 Å². The van der Waals surface area contributed by atoms with Crippen LogP contribution < -0.4 is 0 Å². The van der Waals surface area contributed by atoms with Crippen molar-refractivity contribution in [1.82, 2.24) is 4.81 Å². The Morgan fingerprint density at radius 2 is 1.79 bits per heavy atom. The number of carboxylic acid groups (broad SMARTS) is 1. The van der Waals surface area contributed by atoms with E-state index in [0.717, 1.165) is 11.1 Å². The van der Waals surface area contributed by atoms with Crippen molar-refractivity contribution in [1.29, 1.82) is 0 Å². The molecule has 0 aliphatic carbocycles. The zero-order chi connectivity index (χ0) is 13.8. The number of hydrogen-bond donors (Lipinski definition) is 2. The third-order valence-electron chi connectivity index (χ3n) is 3.56. The molecule has 4 nitrogen and oxygen atoms in total. The lowest BCUT2D eigenvalue weighted by Crippen LogP contribution is -2.41. The lowest BCUT2D eigenvalue weighted by molar-refractivity contribution is -0.130. The molecule has 0 radical (unpaired) electrons. The second kappa shape index (κ2) is 6.04. The molecule has 1 aromatic rings. The highest BCUT2D eigenvalue weighted by molar-refractivity contribution is 6.45. The van der Waals surface area contributed by atoms with Crippen molar-refractivity contribution >= 4 is 18.6 Å². The van der Waals surface area contributed by atoms with E-state index < -0.39 is 13.0 Å². The third kappa shape index (κ3) is 3.25. The summed E-state index contributed by atoms with van der Waals surface area (Å²) in [6.45, 7) is 3.15. The molecule has 1 aromatic carbocycles. The average molecular weight is 259 g/mol. The van der Waals surface area contributed by atoms with Gasteiger partial charge in [-0.1, -0.05) is 35.9 Å². The van der Waals surface area contributed by atoms with E-state index in [-0.39, 0.29) is 0 Å². The molecule has 100 valence electrons. The quantitative estimate of drug-likeness (QED) is 0.641. The van der Waals surface area contributed by atoms with Gasteiger partial charge in [0, 0.05) is 0 Å². The molecule has 1 fully saturated rings. The molecule has 19 heavy (non-hydrogen) atoms. The Labute approximate surface area is 113 Å². The van der Waals surface area contributed by atoms with Crippen LogP contribution in [-0.2, 0) is 4.79 Å². The Balaban J connectivity index is 2.25. The van der Waals surface area contributed by atoms with E-state index in [2.05, 4.69) is 0 Å². The summed E-state index contributed by atoms with van der Waals surface area (Å²) in [5.74, 6) is -0.869. The number of rotatable bonds is 3. The van der Waals surface area contributed by atoms with Crippen molar-refractivity contribution in [3.8, 4) is 0 Å². The van der Waals surface area contributed by atoms with Gasteiger partial charge in [-0.3, -0.25) is 0 Å². The second-order valence-corrected chi connectivity index (χ2v) is 4.82. The Bertz CT molecular complexity index is 475. The molecule has 1 saturated heterocycles. The minimum absolute atomic E-state index is 0.422. The van der Waals surface area contributed by atoms with Gasteiger partial charge >= 0.3 is 13.0 Å².